The maximum atomic E-state index is 15.1. The lowest BCUT2D eigenvalue weighted by atomic mass is 9.81. The summed E-state index contributed by atoms with van der Waals surface area (Å²) in [5.41, 5.74) is 2.04. The molecule has 2 atom stereocenters. The molecule has 3 aromatic carbocycles. The van der Waals surface area contributed by atoms with E-state index >= 15 is 4.39 Å². The molecular weight excluding hydrogens is 860 g/mol. The van der Waals surface area contributed by atoms with E-state index in [4.69, 9.17) is 9.47 Å². The van der Waals surface area contributed by atoms with Gasteiger partial charge in [-0.05, 0) is 138 Å². The zero-order chi connectivity index (χ0) is 48.0. The summed E-state index contributed by atoms with van der Waals surface area (Å²) >= 11 is 0. The van der Waals surface area contributed by atoms with Gasteiger partial charge >= 0.3 is 12.2 Å². The van der Waals surface area contributed by atoms with E-state index in [-0.39, 0.29) is 53.3 Å². The monoisotopic (exact) mass is 917 g/mol. The number of tetrazole rings is 1. The molecule has 5 amide bonds. The summed E-state index contributed by atoms with van der Waals surface area (Å²) < 4.78 is 55.1. The van der Waals surface area contributed by atoms with E-state index in [1.807, 2.05) is 31.2 Å². The van der Waals surface area contributed by atoms with Crippen molar-refractivity contribution in [2.45, 2.75) is 116 Å². The lowest BCUT2D eigenvalue weighted by Gasteiger charge is -2.38. The first-order valence-electron chi connectivity index (χ1n) is 22.0. The fourth-order valence-corrected chi connectivity index (χ4v) is 8.06. The molecule has 66 heavy (non-hydrogen) atoms. The Balaban J connectivity index is 1.11. The van der Waals surface area contributed by atoms with E-state index in [9.17, 15) is 32.8 Å². The van der Waals surface area contributed by atoms with Crippen LogP contribution >= 0.6 is 0 Å². The van der Waals surface area contributed by atoms with Crippen molar-refractivity contribution in [1.82, 2.24) is 41.5 Å². The number of aryl methyl sites for hydroxylation is 1. The van der Waals surface area contributed by atoms with Crippen molar-refractivity contribution in [2.24, 2.45) is 11.8 Å². The molecule has 1 unspecified atom stereocenters. The normalized spacial score (nSPS) is 18.9. The third kappa shape index (κ3) is 13.7. The topological polar surface area (TPSA) is 210 Å². The largest absolute Gasteiger partial charge is 0.444 e. The number of nitrogens with zero attached hydrogens (tertiary/aromatic N) is 4. The van der Waals surface area contributed by atoms with E-state index in [0.717, 1.165) is 27.7 Å². The van der Waals surface area contributed by atoms with E-state index in [0.29, 0.717) is 37.8 Å². The molecule has 354 valence electrons. The lowest BCUT2D eigenvalue weighted by molar-refractivity contribution is -0.130. The molecule has 1 aliphatic heterocycles. The number of likely N-dealkylation sites (tertiary alicyclic amines) is 1. The third-order valence-corrected chi connectivity index (χ3v) is 11.2. The number of ether oxygens (including phenoxy) is 2. The molecule has 19 heteroatoms. The molecule has 1 aliphatic carbocycles. The predicted octanol–water partition coefficient (Wildman–Crippen LogP) is 7.35. The van der Waals surface area contributed by atoms with Crippen LogP contribution in [-0.4, -0.2) is 104 Å². The smallest absolute Gasteiger partial charge is 0.410 e. The van der Waals surface area contributed by atoms with Gasteiger partial charge < -0.3 is 35.6 Å². The van der Waals surface area contributed by atoms with Crippen molar-refractivity contribution in [3.8, 4) is 22.5 Å². The first kappa shape index (κ1) is 48.9. The number of hydrogen-bond donors (Lipinski definition) is 5. The number of alkyl carbamates (subject to hydrolysis) is 1. The molecule has 0 spiro atoms. The van der Waals surface area contributed by atoms with Crippen LogP contribution in [0, 0.1) is 24.6 Å². The van der Waals surface area contributed by atoms with Gasteiger partial charge in [0.25, 0.3) is 11.8 Å². The molecule has 4 aromatic rings. The standard InChI is InChI=1S/C47H58F3N9O7/c1-27-20-32(41(61)53-34-23-47(49,50)26-59(25-34)44(64)66-46(5,6)7)16-18-35(27)30-12-8-28(9-13-30)21-38(42(62)52-33-17-19-36(37(48)22-33)39-55-57-58-56-39)54-40(60)31-14-10-29(11-15-31)24-51-43(63)65-45(2,3)4/h8-9,12-13,16-20,22,29,31,34,38H,10-11,14-15,21,23-26H2,1-7H3,(H,51,63)(H,52,62)(H,53,61)(H,54,60)(H,55,56,57,58)/t29?,31?,34?,38-/m0/s1. The zero-order valence-electron chi connectivity index (χ0n) is 38.2. The Morgan fingerprint density at radius 1 is 0.894 bits per heavy atom. The fraction of sp³-hybridized carbons (Fsp3) is 0.489. The molecular formula is C47H58F3N9O7. The Kier molecular flexibility index (Phi) is 15.1. The van der Waals surface area contributed by atoms with Crippen LogP contribution in [0.4, 0.5) is 28.4 Å². The number of carbonyl (C=O) groups is 5. The maximum absolute atomic E-state index is 15.1. The van der Waals surface area contributed by atoms with E-state index in [2.05, 4.69) is 41.9 Å². The summed E-state index contributed by atoms with van der Waals surface area (Å²) in [5.74, 6) is -5.48. The summed E-state index contributed by atoms with van der Waals surface area (Å²) in [5, 5.41) is 24.5. The zero-order valence-corrected chi connectivity index (χ0v) is 38.2. The Bertz CT molecular complexity index is 2380. The number of anilines is 1. The summed E-state index contributed by atoms with van der Waals surface area (Å²) in [6.45, 7) is 11.6. The highest BCUT2D eigenvalue weighted by molar-refractivity contribution is 5.98. The summed E-state index contributed by atoms with van der Waals surface area (Å²) in [6, 6.07) is 14.3. The SMILES string of the molecule is Cc1cc(C(=O)NC2CN(C(=O)OC(C)(C)C)CC(F)(F)C2)ccc1-c1ccc(C[C@H](NC(=O)C2CCC(CNC(=O)OC(C)(C)C)CC2)C(=O)Nc2ccc(-c3nn[nH]n3)c(F)c2)cc1. The quantitative estimate of drug-likeness (QED) is 0.0954. The van der Waals surface area contributed by atoms with Gasteiger partial charge in [0.2, 0.25) is 17.6 Å². The number of hydrogen-bond acceptors (Lipinski definition) is 10. The average Bonchev–Trinajstić information content (AvgIpc) is 3.76. The van der Waals surface area contributed by atoms with Gasteiger partial charge in [0.05, 0.1) is 18.2 Å². The second-order valence-corrected chi connectivity index (χ2v) is 19.1. The molecule has 2 heterocycles. The predicted molar refractivity (Wildman–Crippen MR) is 239 cm³/mol. The molecule has 0 radical (unpaired) electrons. The van der Waals surface area contributed by atoms with Crippen LogP contribution in [0.25, 0.3) is 22.5 Å². The van der Waals surface area contributed by atoms with Crippen molar-refractivity contribution < 1.29 is 46.6 Å². The van der Waals surface area contributed by atoms with Gasteiger partial charge in [-0.3, -0.25) is 14.4 Å². The van der Waals surface area contributed by atoms with Crippen molar-refractivity contribution in [3.63, 3.8) is 0 Å². The number of aromatic amines is 1. The fourth-order valence-electron chi connectivity index (χ4n) is 8.06. The highest BCUT2D eigenvalue weighted by Gasteiger charge is 2.44. The van der Waals surface area contributed by atoms with E-state index in [1.165, 1.54) is 12.1 Å². The van der Waals surface area contributed by atoms with Crippen LogP contribution in [0.3, 0.4) is 0 Å². The number of carbonyl (C=O) groups excluding carboxylic acids is 5. The van der Waals surface area contributed by atoms with Crippen LogP contribution in [-0.2, 0) is 25.5 Å². The third-order valence-electron chi connectivity index (χ3n) is 11.2. The Labute approximate surface area is 381 Å². The molecule has 1 saturated heterocycles. The molecule has 0 bridgehead atoms. The lowest BCUT2D eigenvalue weighted by Crippen LogP contribution is -2.57. The van der Waals surface area contributed by atoms with Crippen molar-refractivity contribution in [1.29, 1.82) is 0 Å². The van der Waals surface area contributed by atoms with Crippen LogP contribution in [0.5, 0.6) is 0 Å². The van der Waals surface area contributed by atoms with Gasteiger partial charge in [-0.2, -0.15) is 5.21 Å². The first-order chi connectivity index (χ1) is 31.0. The maximum Gasteiger partial charge on any atom is 0.410 e. The van der Waals surface area contributed by atoms with Crippen LogP contribution < -0.4 is 21.3 Å². The molecule has 1 aromatic heterocycles. The number of aromatic nitrogens is 4. The number of nitrogens with one attached hydrogen (secondary N) is 5. The minimum absolute atomic E-state index is 0.0462. The van der Waals surface area contributed by atoms with Gasteiger partial charge in [-0.1, -0.05) is 30.3 Å². The number of piperidine rings is 1. The number of amides is 5. The molecule has 2 fully saturated rings. The highest BCUT2D eigenvalue weighted by Crippen LogP contribution is 2.31. The van der Waals surface area contributed by atoms with Crippen LogP contribution in [0.1, 0.15) is 95.1 Å². The Morgan fingerprint density at radius 2 is 1.58 bits per heavy atom. The van der Waals surface area contributed by atoms with Gasteiger partial charge in [0, 0.05) is 43.1 Å². The van der Waals surface area contributed by atoms with Crippen LogP contribution in [0.15, 0.2) is 60.7 Å². The van der Waals surface area contributed by atoms with Gasteiger partial charge in [-0.15, -0.1) is 10.2 Å². The average molecular weight is 918 g/mol. The number of halogens is 3. The number of alkyl halides is 2. The first-order valence-corrected chi connectivity index (χ1v) is 22.0. The molecule has 2 aliphatic rings. The Morgan fingerprint density at radius 3 is 2.20 bits per heavy atom. The minimum Gasteiger partial charge on any atom is -0.444 e. The number of H-pyrrole nitrogens is 1. The molecule has 6 rings (SSSR count). The summed E-state index contributed by atoms with van der Waals surface area (Å²) in [6.07, 6.45) is 0.598. The van der Waals surface area contributed by atoms with Gasteiger partial charge in [0.1, 0.15) is 23.1 Å². The van der Waals surface area contributed by atoms with Gasteiger partial charge in [-0.25, -0.2) is 22.8 Å². The minimum atomic E-state index is -3.22. The van der Waals surface area contributed by atoms with Crippen LogP contribution in [0.2, 0.25) is 0 Å². The Hall–Kier alpha value is -6.53. The van der Waals surface area contributed by atoms with Crippen molar-refractivity contribution in [3.05, 3.63) is 83.2 Å². The molecule has 16 nitrogen and oxygen atoms in total. The van der Waals surface area contributed by atoms with Crippen molar-refractivity contribution in [2.75, 3.05) is 25.0 Å². The van der Waals surface area contributed by atoms with Gasteiger partial charge in [0.15, 0.2) is 0 Å². The highest BCUT2D eigenvalue weighted by atomic mass is 19.3. The van der Waals surface area contributed by atoms with E-state index < -0.39 is 72.0 Å². The molecule has 1 saturated carbocycles. The second-order valence-electron chi connectivity index (χ2n) is 19.1. The second kappa shape index (κ2) is 20.3. The number of benzene rings is 3. The molecule has 5 N–H and O–H groups in total. The number of rotatable bonds is 12. The summed E-state index contributed by atoms with van der Waals surface area (Å²) in [7, 11) is 0. The van der Waals surface area contributed by atoms with Crippen molar-refractivity contribution >= 4 is 35.6 Å². The summed E-state index contributed by atoms with van der Waals surface area (Å²) in [4.78, 5) is 66.7. The van der Waals surface area contributed by atoms with E-state index in [1.54, 1.807) is 59.7 Å².